The number of aliphatic carboxylic acids is 1. The molecule has 1 atom stereocenters. The molecule has 0 heterocycles. The van der Waals surface area contributed by atoms with Crippen LogP contribution in [0.4, 0.5) is 0 Å². The number of carbonyl (C=O) groups is 1. The number of hydrogen-bond acceptors (Lipinski definition) is 5. The molecule has 0 spiro atoms. The monoisotopic (exact) mass is 556 g/mol. The Balaban J connectivity index is 1.19. The Labute approximate surface area is 242 Å². The molecule has 0 aliphatic rings. The van der Waals surface area contributed by atoms with Crippen LogP contribution < -0.4 is 5.32 Å². The van der Waals surface area contributed by atoms with E-state index in [0.717, 1.165) is 28.9 Å². The minimum Gasteiger partial charge on any atom is -0.481 e. The van der Waals surface area contributed by atoms with E-state index in [1.807, 2.05) is 31.3 Å². The molecule has 6 heteroatoms. The molecule has 0 unspecified atom stereocenters. The SMILES string of the molecule is CN(C[C@H](O)CNC(C)(C)Cc1ccc2ccccc2c1)SCc1ccc(-c2ccc(CCC(=O)O)cc2)cc1. The summed E-state index contributed by atoms with van der Waals surface area (Å²) in [5, 5.41) is 25.6. The molecule has 210 valence electrons. The first kappa shape index (κ1) is 29.8. The first-order valence-corrected chi connectivity index (χ1v) is 14.8. The molecule has 5 nitrogen and oxygen atoms in total. The summed E-state index contributed by atoms with van der Waals surface area (Å²) in [5.74, 6) is 0.0598. The zero-order valence-electron chi connectivity index (χ0n) is 23.6. The third kappa shape index (κ3) is 9.20. The van der Waals surface area contributed by atoms with Gasteiger partial charge in [-0.1, -0.05) is 103 Å². The molecule has 0 bridgehead atoms. The first-order valence-electron chi connectivity index (χ1n) is 13.8. The molecule has 0 aliphatic carbocycles. The molecule has 3 N–H and O–H groups in total. The molecule has 0 radical (unpaired) electrons. The van der Waals surface area contributed by atoms with Crippen molar-refractivity contribution in [3.63, 3.8) is 0 Å². The topological polar surface area (TPSA) is 72.8 Å². The lowest BCUT2D eigenvalue weighted by molar-refractivity contribution is -0.136. The van der Waals surface area contributed by atoms with Crippen LogP contribution in [0.25, 0.3) is 21.9 Å². The summed E-state index contributed by atoms with van der Waals surface area (Å²) in [4.78, 5) is 10.8. The van der Waals surface area contributed by atoms with E-state index in [-0.39, 0.29) is 12.0 Å². The van der Waals surface area contributed by atoms with Crippen molar-refractivity contribution in [3.8, 4) is 11.1 Å². The average Bonchev–Trinajstić information content (AvgIpc) is 2.94. The summed E-state index contributed by atoms with van der Waals surface area (Å²) >= 11 is 1.70. The number of carboxylic acid groups (broad SMARTS) is 1. The maximum absolute atomic E-state index is 10.8. The van der Waals surface area contributed by atoms with E-state index in [2.05, 4.69) is 90.2 Å². The number of likely N-dealkylation sites (N-methyl/N-ethyl adjacent to an activating group) is 1. The number of fused-ring (bicyclic) bond motifs is 1. The van der Waals surface area contributed by atoms with Gasteiger partial charge in [0.2, 0.25) is 0 Å². The van der Waals surface area contributed by atoms with Crippen molar-refractivity contribution < 1.29 is 15.0 Å². The lowest BCUT2D eigenvalue weighted by Crippen LogP contribution is -2.46. The van der Waals surface area contributed by atoms with Crippen LogP contribution in [0.15, 0.2) is 91.0 Å². The van der Waals surface area contributed by atoms with Gasteiger partial charge in [0, 0.05) is 30.8 Å². The molecule has 0 amide bonds. The van der Waals surface area contributed by atoms with Crippen LogP contribution in [0.1, 0.15) is 37.0 Å². The predicted octanol–water partition coefficient (Wildman–Crippen LogP) is 6.58. The van der Waals surface area contributed by atoms with Gasteiger partial charge in [-0.3, -0.25) is 9.10 Å². The van der Waals surface area contributed by atoms with E-state index < -0.39 is 12.1 Å². The highest BCUT2D eigenvalue weighted by atomic mass is 32.2. The second-order valence-corrected chi connectivity index (χ2v) is 12.3. The summed E-state index contributed by atoms with van der Waals surface area (Å²) < 4.78 is 2.10. The van der Waals surface area contributed by atoms with Crippen molar-refractivity contribution in [2.45, 2.75) is 50.5 Å². The fourth-order valence-corrected chi connectivity index (χ4v) is 5.66. The van der Waals surface area contributed by atoms with Gasteiger partial charge in [0.05, 0.1) is 6.10 Å². The highest BCUT2D eigenvalue weighted by molar-refractivity contribution is 7.96. The van der Waals surface area contributed by atoms with Gasteiger partial charge >= 0.3 is 5.97 Å². The van der Waals surface area contributed by atoms with E-state index in [9.17, 15) is 9.90 Å². The average molecular weight is 557 g/mol. The molecule has 0 saturated heterocycles. The third-order valence-corrected chi connectivity index (χ3v) is 8.12. The summed E-state index contributed by atoms with van der Waals surface area (Å²) in [7, 11) is 2.02. The molecule has 40 heavy (non-hydrogen) atoms. The molecule has 0 saturated carbocycles. The summed E-state index contributed by atoms with van der Waals surface area (Å²) in [5.41, 5.74) is 5.68. The van der Waals surface area contributed by atoms with Gasteiger partial charge in [0.25, 0.3) is 0 Å². The Bertz CT molecular complexity index is 1390. The highest BCUT2D eigenvalue weighted by Crippen LogP contribution is 2.24. The first-order chi connectivity index (χ1) is 19.2. The van der Waals surface area contributed by atoms with E-state index in [1.165, 1.54) is 21.9 Å². The Morgan fingerprint density at radius 2 is 1.48 bits per heavy atom. The molecular weight excluding hydrogens is 516 g/mol. The molecule has 4 aromatic rings. The van der Waals surface area contributed by atoms with Crippen molar-refractivity contribution in [2.24, 2.45) is 0 Å². The number of carboxylic acids is 1. The normalized spacial score (nSPS) is 12.6. The second-order valence-electron chi connectivity index (χ2n) is 11.1. The van der Waals surface area contributed by atoms with E-state index in [0.29, 0.717) is 19.5 Å². The van der Waals surface area contributed by atoms with Gasteiger partial charge in [-0.05, 0) is 72.3 Å². The maximum Gasteiger partial charge on any atom is 0.303 e. The Hall–Kier alpha value is -3.16. The van der Waals surface area contributed by atoms with E-state index in [1.54, 1.807) is 11.9 Å². The fourth-order valence-electron chi connectivity index (χ4n) is 4.82. The molecular formula is C34H40N2O3S. The van der Waals surface area contributed by atoms with E-state index in [4.69, 9.17) is 5.11 Å². The minimum absolute atomic E-state index is 0.129. The largest absolute Gasteiger partial charge is 0.481 e. The van der Waals surface area contributed by atoms with Crippen molar-refractivity contribution in [1.82, 2.24) is 9.62 Å². The van der Waals surface area contributed by atoms with Crippen LogP contribution in [0, 0.1) is 0 Å². The quantitative estimate of drug-likeness (QED) is 0.153. The lowest BCUT2D eigenvalue weighted by Gasteiger charge is -2.29. The van der Waals surface area contributed by atoms with Crippen LogP contribution in [-0.2, 0) is 23.4 Å². The van der Waals surface area contributed by atoms with Crippen molar-refractivity contribution in [3.05, 3.63) is 108 Å². The van der Waals surface area contributed by atoms with Crippen LogP contribution in [0.2, 0.25) is 0 Å². The van der Waals surface area contributed by atoms with Crippen LogP contribution in [0.3, 0.4) is 0 Å². The van der Waals surface area contributed by atoms with Crippen molar-refractivity contribution >= 4 is 28.7 Å². The zero-order chi connectivity index (χ0) is 28.5. The molecule has 4 aromatic carbocycles. The number of aliphatic hydroxyl groups excluding tert-OH is 1. The van der Waals surface area contributed by atoms with Gasteiger partial charge < -0.3 is 15.5 Å². The maximum atomic E-state index is 10.8. The predicted molar refractivity (Wildman–Crippen MR) is 168 cm³/mol. The second kappa shape index (κ2) is 14.0. The number of aliphatic hydroxyl groups is 1. The van der Waals surface area contributed by atoms with Crippen LogP contribution >= 0.6 is 11.9 Å². The van der Waals surface area contributed by atoms with Gasteiger partial charge in [-0.25, -0.2) is 0 Å². The summed E-state index contributed by atoms with van der Waals surface area (Å²) in [6.07, 6.45) is 1.12. The van der Waals surface area contributed by atoms with Gasteiger partial charge in [0.1, 0.15) is 0 Å². The van der Waals surface area contributed by atoms with Crippen molar-refractivity contribution in [2.75, 3.05) is 20.1 Å². The lowest BCUT2D eigenvalue weighted by atomic mass is 9.93. The number of hydrogen-bond donors (Lipinski definition) is 3. The van der Waals surface area contributed by atoms with Gasteiger partial charge in [-0.15, -0.1) is 0 Å². The highest BCUT2D eigenvalue weighted by Gasteiger charge is 2.20. The molecule has 0 fully saturated rings. The number of nitrogens with one attached hydrogen (secondary N) is 1. The van der Waals surface area contributed by atoms with Gasteiger partial charge in [0.15, 0.2) is 0 Å². The zero-order valence-corrected chi connectivity index (χ0v) is 24.5. The molecule has 0 aliphatic heterocycles. The number of nitrogens with zero attached hydrogens (tertiary/aromatic N) is 1. The fraction of sp³-hybridized carbons (Fsp3) is 0.324. The Kier molecular flexibility index (Phi) is 10.4. The molecule has 0 aromatic heterocycles. The number of β-amino-alcohol motifs (C(OH)–C–C–N with tert-alkyl or cyclic N) is 1. The smallest absolute Gasteiger partial charge is 0.303 e. The number of benzene rings is 4. The third-order valence-electron chi connectivity index (χ3n) is 7.06. The minimum atomic E-state index is -0.772. The Morgan fingerprint density at radius 1 is 0.875 bits per heavy atom. The van der Waals surface area contributed by atoms with Crippen LogP contribution in [0.5, 0.6) is 0 Å². The van der Waals surface area contributed by atoms with E-state index >= 15 is 0 Å². The van der Waals surface area contributed by atoms with Crippen molar-refractivity contribution in [1.29, 1.82) is 0 Å². The van der Waals surface area contributed by atoms with Crippen LogP contribution in [-0.4, -0.2) is 52.3 Å². The van der Waals surface area contributed by atoms with Gasteiger partial charge in [-0.2, -0.15) is 0 Å². The Morgan fingerprint density at radius 3 is 2.12 bits per heavy atom. The number of aryl methyl sites for hydroxylation is 1. The summed E-state index contributed by atoms with van der Waals surface area (Å²) in [6.45, 7) is 5.49. The summed E-state index contributed by atoms with van der Waals surface area (Å²) in [6, 6.07) is 31.7. The number of rotatable bonds is 14. The standard InChI is InChI=1S/C34H40N2O3S/c1-34(2,21-27-12-18-28-6-4-5-7-31(28)20-27)35-22-32(37)23-36(3)40-24-26-10-16-30(17-11-26)29-14-8-25(9-15-29)13-19-33(38)39/h4-12,14-18,20,32,35,37H,13,19,21-24H2,1-3H3,(H,38,39)/t32-/m1/s1. The molecule has 4 rings (SSSR count).